The number of hydrogen-bond acceptors (Lipinski definition) is 6. The standard InChI is InChI=1S/C22H23ClN4O3/c1-14-13-16(24-29)7-8-19(14)26-9-11-27(12-10-26)22(28)20-15(2)30-25-21(20)17-5-3-4-6-18(17)23/h3-8,13,24,29H,9-12H2,1-2H3. The summed E-state index contributed by atoms with van der Waals surface area (Å²) in [4.78, 5) is 17.4. The van der Waals surface area contributed by atoms with Gasteiger partial charge in [-0.25, -0.2) is 0 Å². The van der Waals surface area contributed by atoms with Gasteiger partial charge >= 0.3 is 0 Å². The molecule has 1 saturated heterocycles. The lowest BCUT2D eigenvalue weighted by Gasteiger charge is -2.37. The van der Waals surface area contributed by atoms with Crippen molar-refractivity contribution < 1.29 is 14.5 Å². The summed E-state index contributed by atoms with van der Waals surface area (Å²) in [5.74, 6) is 0.389. The second-order valence-electron chi connectivity index (χ2n) is 7.33. The van der Waals surface area contributed by atoms with Crippen molar-refractivity contribution >= 4 is 28.9 Å². The van der Waals surface area contributed by atoms with Gasteiger partial charge in [-0.1, -0.05) is 35.0 Å². The van der Waals surface area contributed by atoms with E-state index in [0.717, 1.165) is 11.3 Å². The minimum atomic E-state index is -0.0973. The van der Waals surface area contributed by atoms with Crippen LogP contribution in [0.2, 0.25) is 5.02 Å². The zero-order valence-corrected chi connectivity index (χ0v) is 17.6. The van der Waals surface area contributed by atoms with Crippen molar-refractivity contribution in [2.45, 2.75) is 13.8 Å². The van der Waals surface area contributed by atoms with Gasteiger partial charge in [0.1, 0.15) is 17.0 Å². The molecule has 2 N–H and O–H groups in total. The molecule has 0 spiro atoms. The van der Waals surface area contributed by atoms with E-state index in [4.69, 9.17) is 21.3 Å². The number of anilines is 2. The molecule has 1 aromatic heterocycles. The minimum Gasteiger partial charge on any atom is -0.368 e. The van der Waals surface area contributed by atoms with Crippen molar-refractivity contribution in [1.82, 2.24) is 10.1 Å². The van der Waals surface area contributed by atoms with Gasteiger partial charge in [-0.15, -0.1) is 0 Å². The maximum atomic E-state index is 13.3. The maximum Gasteiger partial charge on any atom is 0.259 e. The Bertz CT molecular complexity index is 1070. The second kappa shape index (κ2) is 8.38. The highest BCUT2D eigenvalue weighted by Gasteiger charge is 2.29. The van der Waals surface area contributed by atoms with E-state index in [-0.39, 0.29) is 5.91 Å². The highest BCUT2D eigenvalue weighted by molar-refractivity contribution is 6.33. The highest BCUT2D eigenvalue weighted by Crippen LogP contribution is 2.32. The molecule has 0 bridgehead atoms. The third kappa shape index (κ3) is 3.74. The van der Waals surface area contributed by atoms with Crippen molar-refractivity contribution in [3.05, 3.63) is 64.4 Å². The summed E-state index contributed by atoms with van der Waals surface area (Å²) < 4.78 is 5.35. The normalized spacial score (nSPS) is 14.1. The number of aryl methyl sites for hydroxylation is 2. The molecule has 0 saturated carbocycles. The number of piperazine rings is 1. The van der Waals surface area contributed by atoms with E-state index < -0.39 is 0 Å². The number of nitrogens with zero attached hydrogens (tertiary/aromatic N) is 3. The number of nitrogens with one attached hydrogen (secondary N) is 1. The third-order valence-electron chi connectivity index (χ3n) is 5.44. The average Bonchev–Trinajstić information content (AvgIpc) is 3.14. The summed E-state index contributed by atoms with van der Waals surface area (Å²) in [5.41, 5.74) is 6.61. The lowest BCUT2D eigenvalue weighted by molar-refractivity contribution is 0.0745. The number of carbonyl (C=O) groups excluding carboxylic acids is 1. The molecule has 0 atom stereocenters. The van der Waals surface area contributed by atoms with Crippen LogP contribution in [0.1, 0.15) is 21.7 Å². The Morgan fingerprint density at radius 1 is 1.13 bits per heavy atom. The van der Waals surface area contributed by atoms with Crippen LogP contribution in [0, 0.1) is 13.8 Å². The summed E-state index contributed by atoms with van der Waals surface area (Å²) in [6.07, 6.45) is 0. The van der Waals surface area contributed by atoms with Gasteiger partial charge in [0.15, 0.2) is 0 Å². The topological polar surface area (TPSA) is 81.8 Å². The Morgan fingerprint density at radius 3 is 2.53 bits per heavy atom. The SMILES string of the molecule is Cc1cc(NO)ccc1N1CCN(C(=O)c2c(-c3ccccc3Cl)noc2C)CC1. The van der Waals surface area contributed by atoms with Crippen LogP contribution in [0.25, 0.3) is 11.3 Å². The van der Waals surface area contributed by atoms with Gasteiger partial charge in [-0.05, 0) is 43.7 Å². The van der Waals surface area contributed by atoms with Crippen molar-refractivity contribution in [1.29, 1.82) is 0 Å². The quantitative estimate of drug-likeness (QED) is 0.602. The van der Waals surface area contributed by atoms with Crippen molar-refractivity contribution in [2.75, 3.05) is 36.6 Å². The fourth-order valence-corrected chi connectivity index (χ4v) is 4.07. The third-order valence-corrected chi connectivity index (χ3v) is 5.77. The van der Waals surface area contributed by atoms with E-state index in [1.807, 2.05) is 48.2 Å². The van der Waals surface area contributed by atoms with Crippen molar-refractivity contribution in [3.8, 4) is 11.3 Å². The number of aromatic nitrogens is 1. The molecule has 2 aromatic carbocycles. The molecule has 8 heteroatoms. The van der Waals surface area contributed by atoms with Crippen LogP contribution in [0.5, 0.6) is 0 Å². The summed E-state index contributed by atoms with van der Waals surface area (Å²) in [7, 11) is 0. The van der Waals surface area contributed by atoms with Gasteiger partial charge in [0.05, 0.1) is 10.7 Å². The number of amides is 1. The predicted molar refractivity (Wildman–Crippen MR) is 116 cm³/mol. The highest BCUT2D eigenvalue weighted by atomic mass is 35.5. The number of carbonyl (C=O) groups is 1. The number of benzene rings is 2. The average molecular weight is 427 g/mol. The Hall–Kier alpha value is -3.03. The smallest absolute Gasteiger partial charge is 0.259 e. The molecule has 30 heavy (non-hydrogen) atoms. The molecule has 1 aliphatic rings. The molecule has 0 unspecified atom stereocenters. The van der Waals surface area contributed by atoms with Gasteiger partial charge < -0.3 is 14.3 Å². The van der Waals surface area contributed by atoms with Crippen molar-refractivity contribution in [3.63, 3.8) is 0 Å². The van der Waals surface area contributed by atoms with E-state index in [1.165, 1.54) is 0 Å². The molecule has 7 nitrogen and oxygen atoms in total. The molecule has 3 aromatic rings. The van der Waals surface area contributed by atoms with E-state index >= 15 is 0 Å². The van der Waals surface area contributed by atoms with Gasteiger partial charge in [-0.3, -0.25) is 15.5 Å². The molecule has 1 fully saturated rings. The number of hydrogen-bond donors (Lipinski definition) is 2. The molecule has 0 aliphatic carbocycles. The van der Waals surface area contributed by atoms with Crippen LogP contribution >= 0.6 is 11.6 Å². The van der Waals surface area contributed by atoms with Gasteiger partial charge in [0, 0.05) is 37.4 Å². The number of halogens is 1. The molecule has 2 heterocycles. The molecule has 1 amide bonds. The molecule has 4 rings (SSSR count). The Morgan fingerprint density at radius 2 is 1.87 bits per heavy atom. The van der Waals surface area contributed by atoms with Crippen LogP contribution in [0.15, 0.2) is 47.0 Å². The summed E-state index contributed by atoms with van der Waals surface area (Å²) in [6.45, 7) is 6.35. The fraction of sp³-hybridized carbons (Fsp3) is 0.273. The Labute approximate surface area is 179 Å². The van der Waals surface area contributed by atoms with Crippen LogP contribution in [0.4, 0.5) is 11.4 Å². The maximum absolute atomic E-state index is 13.3. The molecular formula is C22H23ClN4O3. The predicted octanol–water partition coefficient (Wildman–Crippen LogP) is 4.38. The Balaban J connectivity index is 1.52. The fourth-order valence-electron chi connectivity index (χ4n) is 3.85. The van der Waals surface area contributed by atoms with Crippen LogP contribution in [-0.2, 0) is 0 Å². The number of rotatable bonds is 4. The zero-order chi connectivity index (χ0) is 21.3. The second-order valence-corrected chi connectivity index (χ2v) is 7.74. The summed E-state index contributed by atoms with van der Waals surface area (Å²) in [6, 6.07) is 13.0. The summed E-state index contributed by atoms with van der Waals surface area (Å²) >= 11 is 6.32. The molecular weight excluding hydrogens is 404 g/mol. The van der Waals surface area contributed by atoms with E-state index in [9.17, 15) is 4.79 Å². The van der Waals surface area contributed by atoms with Gasteiger partial charge in [0.2, 0.25) is 0 Å². The summed E-state index contributed by atoms with van der Waals surface area (Å²) in [5, 5.41) is 13.7. The van der Waals surface area contributed by atoms with E-state index in [0.29, 0.717) is 59.5 Å². The first kappa shape index (κ1) is 20.3. The molecule has 1 aliphatic heterocycles. The van der Waals surface area contributed by atoms with E-state index in [1.54, 1.807) is 13.0 Å². The first-order valence-corrected chi connectivity index (χ1v) is 10.1. The largest absolute Gasteiger partial charge is 0.368 e. The lowest BCUT2D eigenvalue weighted by atomic mass is 10.0. The Kier molecular flexibility index (Phi) is 5.65. The monoisotopic (exact) mass is 426 g/mol. The molecule has 156 valence electrons. The zero-order valence-electron chi connectivity index (χ0n) is 16.9. The first-order chi connectivity index (χ1) is 14.5. The van der Waals surface area contributed by atoms with Crippen LogP contribution in [0.3, 0.4) is 0 Å². The molecule has 0 radical (unpaired) electrons. The van der Waals surface area contributed by atoms with Crippen LogP contribution in [-0.4, -0.2) is 47.4 Å². The lowest BCUT2D eigenvalue weighted by Crippen LogP contribution is -2.49. The first-order valence-electron chi connectivity index (χ1n) is 9.75. The van der Waals surface area contributed by atoms with Crippen LogP contribution < -0.4 is 10.4 Å². The van der Waals surface area contributed by atoms with E-state index in [2.05, 4.69) is 15.5 Å². The van der Waals surface area contributed by atoms with Gasteiger partial charge in [0.25, 0.3) is 5.91 Å². The minimum absolute atomic E-state index is 0.0973. The van der Waals surface area contributed by atoms with Gasteiger partial charge in [-0.2, -0.15) is 0 Å². The van der Waals surface area contributed by atoms with Crippen molar-refractivity contribution in [2.24, 2.45) is 0 Å².